The first-order valence-corrected chi connectivity index (χ1v) is 12.2. The minimum atomic E-state index is -3.85. The first kappa shape index (κ1) is 23.8. The zero-order valence-corrected chi connectivity index (χ0v) is 19.9. The van der Waals surface area contributed by atoms with Crippen molar-refractivity contribution in [2.75, 3.05) is 6.26 Å². The molecule has 0 N–H and O–H groups in total. The molecule has 4 rings (SSSR count). The molecule has 35 heavy (non-hydrogen) atoms. The third kappa shape index (κ3) is 4.08. The molecule has 2 aromatic heterocycles. The van der Waals surface area contributed by atoms with E-state index in [-0.39, 0.29) is 21.8 Å². The van der Waals surface area contributed by atoms with Crippen molar-refractivity contribution in [3.8, 4) is 28.7 Å². The SMILES string of the molecule is Cc1c(-c2c(S(C)(=O)=O)cnn2-c2ccc(C#N)cc2)c(=O)n(C)c(=O)n1-c1cccc(CF)c1. The monoisotopic (exact) mass is 493 g/mol. The fourth-order valence-electron chi connectivity index (χ4n) is 3.88. The highest BCUT2D eigenvalue weighted by Crippen LogP contribution is 2.30. The smallest absolute Gasteiger partial charge is 0.268 e. The van der Waals surface area contributed by atoms with Gasteiger partial charge in [0.25, 0.3) is 5.56 Å². The Morgan fingerprint density at radius 1 is 1.09 bits per heavy atom. The number of aromatic nitrogens is 4. The standard InChI is InChI=1S/C24H20FN5O4S/c1-15-21(23(31)28(2)24(32)29(15)19-6-4-5-17(11-19)12-25)22-20(35(3,33)34)14-27-30(22)18-9-7-16(13-26)8-10-18/h4-11,14H,12H2,1-3H3. The fraction of sp³-hybridized carbons (Fsp3) is 0.167. The zero-order chi connectivity index (χ0) is 25.5. The summed E-state index contributed by atoms with van der Waals surface area (Å²) in [4.78, 5) is 26.3. The van der Waals surface area contributed by atoms with Gasteiger partial charge in [-0.25, -0.2) is 22.3 Å². The van der Waals surface area contributed by atoms with E-state index in [9.17, 15) is 22.4 Å². The fourth-order valence-corrected chi connectivity index (χ4v) is 4.66. The molecule has 0 amide bonds. The maximum Gasteiger partial charge on any atom is 0.335 e. The normalized spacial score (nSPS) is 11.4. The second-order valence-electron chi connectivity index (χ2n) is 7.95. The van der Waals surface area contributed by atoms with E-state index in [2.05, 4.69) is 5.10 Å². The molecule has 0 atom stereocenters. The van der Waals surface area contributed by atoms with Crippen LogP contribution in [0.3, 0.4) is 0 Å². The van der Waals surface area contributed by atoms with Crippen LogP contribution in [-0.4, -0.2) is 33.6 Å². The van der Waals surface area contributed by atoms with Gasteiger partial charge in [0.2, 0.25) is 0 Å². The number of nitrogens with zero attached hydrogens (tertiary/aromatic N) is 5. The molecule has 0 saturated heterocycles. The molecular formula is C24H20FN5O4S. The number of benzene rings is 2. The molecule has 0 unspecified atom stereocenters. The number of rotatable bonds is 5. The minimum Gasteiger partial charge on any atom is -0.268 e. The van der Waals surface area contributed by atoms with Gasteiger partial charge < -0.3 is 0 Å². The van der Waals surface area contributed by atoms with Gasteiger partial charge in [-0.15, -0.1) is 0 Å². The lowest BCUT2D eigenvalue weighted by Crippen LogP contribution is -2.40. The molecule has 178 valence electrons. The minimum absolute atomic E-state index is 0.0225. The van der Waals surface area contributed by atoms with Crippen LogP contribution in [0.15, 0.2) is 69.2 Å². The van der Waals surface area contributed by atoms with E-state index in [1.807, 2.05) is 6.07 Å². The maximum absolute atomic E-state index is 13.4. The molecule has 0 bridgehead atoms. The van der Waals surface area contributed by atoms with Crippen LogP contribution in [0.4, 0.5) is 4.39 Å². The van der Waals surface area contributed by atoms with Crippen LogP contribution in [0, 0.1) is 18.3 Å². The third-order valence-corrected chi connectivity index (χ3v) is 6.73. The Bertz CT molecular complexity index is 1730. The zero-order valence-electron chi connectivity index (χ0n) is 19.1. The molecule has 0 aliphatic carbocycles. The second kappa shape index (κ2) is 8.81. The Morgan fingerprint density at radius 2 is 1.77 bits per heavy atom. The van der Waals surface area contributed by atoms with Crippen molar-refractivity contribution in [1.82, 2.24) is 18.9 Å². The molecule has 11 heteroatoms. The molecule has 2 aromatic carbocycles. The van der Waals surface area contributed by atoms with E-state index in [0.29, 0.717) is 22.5 Å². The Balaban J connectivity index is 2.13. The highest BCUT2D eigenvalue weighted by Gasteiger charge is 2.28. The summed E-state index contributed by atoms with van der Waals surface area (Å²) in [7, 11) is -2.56. The molecular weight excluding hydrogens is 473 g/mol. The van der Waals surface area contributed by atoms with Gasteiger partial charge in [0.1, 0.15) is 17.3 Å². The summed E-state index contributed by atoms with van der Waals surface area (Å²) in [6.45, 7) is 0.770. The van der Waals surface area contributed by atoms with Gasteiger partial charge in [-0.05, 0) is 48.9 Å². The van der Waals surface area contributed by atoms with Crippen molar-refractivity contribution in [2.45, 2.75) is 18.5 Å². The lowest BCUT2D eigenvalue weighted by molar-refractivity contribution is 0.485. The molecule has 0 aliphatic heterocycles. The number of hydrogen-bond donors (Lipinski definition) is 0. The number of hydrogen-bond acceptors (Lipinski definition) is 6. The van der Waals surface area contributed by atoms with Crippen LogP contribution >= 0.6 is 0 Å². The molecule has 2 heterocycles. The lowest BCUT2D eigenvalue weighted by atomic mass is 10.1. The topological polar surface area (TPSA) is 120 Å². The number of alkyl halides is 1. The van der Waals surface area contributed by atoms with Crippen LogP contribution in [0.1, 0.15) is 16.8 Å². The Kier molecular flexibility index (Phi) is 6.00. The van der Waals surface area contributed by atoms with Crippen LogP contribution in [0.25, 0.3) is 22.6 Å². The van der Waals surface area contributed by atoms with Gasteiger partial charge in [0.15, 0.2) is 9.84 Å². The molecule has 0 spiro atoms. The van der Waals surface area contributed by atoms with Crippen LogP contribution < -0.4 is 11.2 Å². The summed E-state index contributed by atoms with van der Waals surface area (Å²) >= 11 is 0. The first-order valence-electron chi connectivity index (χ1n) is 10.4. The van der Waals surface area contributed by atoms with Crippen LogP contribution in [-0.2, 0) is 23.6 Å². The van der Waals surface area contributed by atoms with Gasteiger partial charge in [-0.1, -0.05) is 12.1 Å². The van der Waals surface area contributed by atoms with Crippen molar-refractivity contribution in [3.63, 3.8) is 0 Å². The molecule has 9 nitrogen and oxygen atoms in total. The van der Waals surface area contributed by atoms with Gasteiger partial charge in [-0.2, -0.15) is 10.4 Å². The van der Waals surface area contributed by atoms with E-state index < -0.39 is 27.8 Å². The first-order chi connectivity index (χ1) is 16.6. The number of nitriles is 1. The lowest BCUT2D eigenvalue weighted by Gasteiger charge is -2.18. The Morgan fingerprint density at radius 3 is 2.37 bits per heavy atom. The maximum atomic E-state index is 13.4. The molecule has 4 aromatic rings. The van der Waals surface area contributed by atoms with E-state index in [1.165, 1.54) is 41.4 Å². The van der Waals surface area contributed by atoms with Gasteiger partial charge in [-0.3, -0.25) is 13.9 Å². The quantitative estimate of drug-likeness (QED) is 0.421. The summed E-state index contributed by atoms with van der Waals surface area (Å²) in [6.07, 6.45) is 2.14. The third-order valence-electron chi connectivity index (χ3n) is 5.63. The van der Waals surface area contributed by atoms with Crippen LogP contribution in [0.5, 0.6) is 0 Å². The second-order valence-corrected chi connectivity index (χ2v) is 9.93. The van der Waals surface area contributed by atoms with Crippen molar-refractivity contribution in [2.24, 2.45) is 7.05 Å². The molecule has 0 saturated carbocycles. The molecule has 0 radical (unpaired) electrons. The molecule has 0 fully saturated rings. The average Bonchev–Trinajstić information content (AvgIpc) is 3.28. The van der Waals surface area contributed by atoms with Gasteiger partial charge >= 0.3 is 5.69 Å². The van der Waals surface area contributed by atoms with Gasteiger partial charge in [0, 0.05) is 19.0 Å². The largest absolute Gasteiger partial charge is 0.335 e. The van der Waals surface area contributed by atoms with E-state index in [0.717, 1.165) is 17.0 Å². The van der Waals surface area contributed by atoms with E-state index in [1.54, 1.807) is 30.3 Å². The van der Waals surface area contributed by atoms with E-state index >= 15 is 0 Å². The van der Waals surface area contributed by atoms with Crippen LogP contribution in [0.2, 0.25) is 0 Å². The van der Waals surface area contributed by atoms with Crippen molar-refractivity contribution < 1.29 is 12.8 Å². The average molecular weight is 494 g/mol. The predicted molar refractivity (Wildman–Crippen MR) is 127 cm³/mol. The summed E-state index contributed by atoms with van der Waals surface area (Å²) in [5.74, 6) is 0. The van der Waals surface area contributed by atoms with Crippen molar-refractivity contribution >= 4 is 9.84 Å². The number of halogens is 1. The number of sulfone groups is 1. The summed E-state index contributed by atoms with van der Waals surface area (Å²) in [6, 6.07) is 14.5. The summed E-state index contributed by atoms with van der Waals surface area (Å²) in [5.41, 5.74) is 0.156. The highest BCUT2D eigenvalue weighted by molar-refractivity contribution is 7.90. The highest BCUT2D eigenvalue weighted by atomic mass is 32.2. The Hall–Kier alpha value is -4.30. The molecule has 0 aliphatic rings. The van der Waals surface area contributed by atoms with Crippen molar-refractivity contribution in [1.29, 1.82) is 5.26 Å². The van der Waals surface area contributed by atoms with Crippen molar-refractivity contribution in [3.05, 3.63) is 92.4 Å². The predicted octanol–water partition coefficient (Wildman–Crippen LogP) is 2.44. The summed E-state index contributed by atoms with van der Waals surface area (Å²) in [5, 5.41) is 13.3. The Labute approximate surface area is 199 Å². The van der Waals surface area contributed by atoms with Gasteiger partial charge in [0.05, 0.1) is 34.8 Å². The summed E-state index contributed by atoms with van der Waals surface area (Å²) < 4.78 is 42.0. The van der Waals surface area contributed by atoms with E-state index in [4.69, 9.17) is 5.26 Å².